The molecule has 0 amide bonds. The van der Waals surface area contributed by atoms with Gasteiger partial charge in [0.25, 0.3) is 0 Å². The van der Waals surface area contributed by atoms with E-state index in [4.69, 9.17) is 0 Å². The Bertz CT molecular complexity index is 1040. The van der Waals surface area contributed by atoms with Gasteiger partial charge in [0.15, 0.2) is 0 Å². The van der Waals surface area contributed by atoms with Crippen LogP contribution >= 0.6 is 11.3 Å². The van der Waals surface area contributed by atoms with E-state index in [0.29, 0.717) is 31.1 Å². The highest BCUT2D eigenvalue weighted by atomic mass is 32.2. The second kappa shape index (κ2) is 6.61. The number of sulfonamides is 1. The number of benzene rings is 1. The van der Waals surface area contributed by atoms with Crippen molar-refractivity contribution in [1.82, 2.24) is 14.3 Å². The maximum absolute atomic E-state index is 12.8. The highest BCUT2D eigenvalue weighted by molar-refractivity contribution is 7.89. The van der Waals surface area contributed by atoms with Crippen molar-refractivity contribution in [2.75, 3.05) is 31.1 Å². The van der Waals surface area contributed by atoms with Gasteiger partial charge >= 0.3 is 0 Å². The minimum atomic E-state index is -3.45. The van der Waals surface area contributed by atoms with Gasteiger partial charge in [0, 0.05) is 31.1 Å². The van der Waals surface area contributed by atoms with E-state index < -0.39 is 10.0 Å². The fourth-order valence-corrected chi connectivity index (χ4v) is 5.48. The Morgan fingerprint density at radius 2 is 1.69 bits per heavy atom. The summed E-state index contributed by atoms with van der Waals surface area (Å²) in [5.41, 5.74) is 1.05. The van der Waals surface area contributed by atoms with E-state index in [2.05, 4.69) is 27.9 Å². The average molecular weight is 389 g/mol. The lowest BCUT2D eigenvalue weighted by Crippen LogP contribution is -2.49. The van der Waals surface area contributed by atoms with E-state index in [0.717, 1.165) is 21.6 Å². The predicted molar refractivity (Wildman–Crippen MR) is 104 cm³/mol. The first-order chi connectivity index (χ1) is 12.4. The first-order valence-corrected chi connectivity index (χ1v) is 10.7. The third-order valence-electron chi connectivity index (χ3n) is 4.63. The normalized spacial score (nSPS) is 16.3. The molecule has 0 unspecified atom stereocenters. The minimum absolute atomic E-state index is 0.356. The molecule has 0 atom stereocenters. The summed E-state index contributed by atoms with van der Waals surface area (Å²) in [5.74, 6) is 0.895. The van der Waals surface area contributed by atoms with Crippen molar-refractivity contribution in [3.05, 3.63) is 47.1 Å². The number of fused-ring (bicyclic) bond motifs is 1. The van der Waals surface area contributed by atoms with Crippen molar-refractivity contribution in [3.63, 3.8) is 0 Å². The SMILES string of the molecule is Cc1ccc(S(=O)(=O)N2CCN(c3ncnc4sc(C)cc34)CC2)cc1. The Balaban J connectivity index is 1.54. The first-order valence-electron chi connectivity index (χ1n) is 8.48. The fraction of sp³-hybridized carbons (Fsp3) is 0.333. The topological polar surface area (TPSA) is 66.4 Å². The summed E-state index contributed by atoms with van der Waals surface area (Å²) in [4.78, 5) is 13.5. The highest BCUT2D eigenvalue weighted by Gasteiger charge is 2.29. The van der Waals surface area contributed by atoms with Crippen LogP contribution in [0.15, 0.2) is 41.6 Å². The lowest BCUT2D eigenvalue weighted by Gasteiger charge is -2.34. The van der Waals surface area contributed by atoms with Crippen molar-refractivity contribution < 1.29 is 8.42 Å². The minimum Gasteiger partial charge on any atom is -0.353 e. The summed E-state index contributed by atoms with van der Waals surface area (Å²) in [6, 6.07) is 9.13. The molecule has 8 heteroatoms. The Morgan fingerprint density at radius 1 is 1.00 bits per heavy atom. The molecule has 4 rings (SSSR count). The van der Waals surface area contributed by atoms with Crippen LogP contribution in [-0.2, 0) is 10.0 Å². The second-order valence-electron chi connectivity index (χ2n) is 6.48. The molecule has 1 aromatic carbocycles. The number of rotatable bonds is 3. The van der Waals surface area contributed by atoms with Crippen molar-refractivity contribution in [3.8, 4) is 0 Å². The molecule has 1 aliphatic rings. The summed E-state index contributed by atoms with van der Waals surface area (Å²) >= 11 is 1.65. The molecule has 2 aromatic heterocycles. The number of anilines is 1. The van der Waals surface area contributed by atoms with Crippen LogP contribution in [0.3, 0.4) is 0 Å². The molecule has 3 aromatic rings. The van der Waals surface area contributed by atoms with Crippen LogP contribution in [0.5, 0.6) is 0 Å². The predicted octanol–water partition coefficient (Wildman–Crippen LogP) is 2.82. The van der Waals surface area contributed by atoms with E-state index in [1.54, 1.807) is 34.1 Å². The Kier molecular flexibility index (Phi) is 4.42. The van der Waals surface area contributed by atoms with Crippen molar-refractivity contribution in [1.29, 1.82) is 0 Å². The van der Waals surface area contributed by atoms with Crippen LogP contribution in [0, 0.1) is 13.8 Å². The molecule has 3 heterocycles. The molecule has 26 heavy (non-hydrogen) atoms. The molecular formula is C18H20N4O2S2. The Labute approximate surface area is 157 Å². The number of thiophene rings is 1. The molecule has 1 fully saturated rings. The standard InChI is InChI=1S/C18H20N4O2S2/c1-13-3-5-15(6-4-13)26(23,24)22-9-7-21(8-10-22)17-16-11-14(2)25-18(16)20-12-19-17/h3-6,11-12H,7-10H2,1-2H3. The summed E-state index contributed by atoms with van der Waals surface area (Å²) < 4.78 is 27.2. The Hall–Kier alpha value is -2.03. The smallest absolute Gasteiger partial charge is 0.243 e. The second-order valence-corrected chi connectivity index (χ2v) is 9.65. The molecule has 0 aliphatic carbocycles. The van der Waals surface area contributed by atoms with Gasteiger partial charge in [0.2, 0.25) is 10.0 Å². The van der Waals surface area contributed by atoms with E-state index in [9.17, 15) is 8.42 Å². The lowest BCUT2D eigenvalue weighted by atomic mass is 10.2. The Morgan fingerprint density at radius 3 is 2.38 bits per heavy atom. The molecule has 0 spiro atoms. The summed E-state index contributed by atoms with van der Waals surface area (Å²) in [5, 5.41) is 1.05. The number of piperazine rings is 1. The van der Waals surface area contributed by atoms with Crippen molar-refractivity contribution in [2.24, 2.45) is 0 Å². The van der Waals surface area contributed by atoms with Gasteiger partial charge in [-0.05, 0) is 32.0 Å². The average Bonchev–Trinajstić information content (AvgIpc) is 3.02. The molecule has 136 valence electrons. The van der Waals surface area contributed by atoms with Crippen molar-refractivity contribution in [2.45, 2.75) is 18.7 Å². The number of nitrogens with zero attached hydrogens (tertiary/aromatic N) is 4. The monoisotopic (exact) mass is 388 g/mol. The summed E-state index contributed by atoms with van der Waals surface area (Å²) in [7, 11) is -3.45. The number of aromatic nitrogens is 2. The van der Waals surface area contributed by atoms with Gasteiger partial charge in [-0.25, -0.2) is 18.4 Å². The largest absolute Gasteiger partial charge is 0.353 e. The van der Waals surface area contributed by atoms with Gasteiger partial charge in [0.05, 0.1) is 10.3 Å². The molecular weight excluding hydrogens is 368 g/mol. The van der Waals surface area contributed by atoms with Gasteiger partial charge in [0.1, 0.15) is 17.0 Å². The molecule has 0 saturated carbocycles. The molecule has 0 radical (unpaired) electrons. The number of hydrogen-bond donors (Lipinski definition) is 0. The highest BCUT2D eigenvalue weighted by Crippen LogP contribution is 2.30. The molecule has 0 N–H and O–H groups in total. The van der Waals surface area contributed by atoms with Crippen LogP contribution in [0.2, 0.25) is 0 Å². The zero-order valence-electron chi connectivity index (χ0n) is 14.7. The molecule has 0 bridgehead atoms. The lowest BCUT2D eigenvalue weighted by molar-refractivity contribution is 0.384. The van der Waals surface area contributed by atoms with Crippen LogP contribution in [-0.4, -0.2) is 48.9 Å². The van der Waals surface area contributed by atoms with Crippen molar-refractivity contribution >= 4 is 37.4 Å². The molecule has 6 nitrogen and oxygen atoms in total. The van der Waals surface area contributed by atoms with Crippen LogP contribution in [0.4, 0.5) is 5.82 Å². The third-order valence-corrected chi connectivity index (χ3v) is 7.50. The summed E-state index contributed by atoms with van der Waals surface area (Å²) in [6.07, 6.45) is 1.59. The first kappa shape index (κ1) is 17.4. The molecule has 1 saturated heterocycles. The van der Waals surface area contributed by atoms with Crippen LogP contribution < -0.4 is 4.90 Å². The van der Waals surface area contributed by atoms with Gasteiger partial charge in [-0.15, -0.1) is 11.3 Å². The molecule has 1 aliphatic heterocycles. The van der Waals surface area contributed by atoms with Crippen LogP contribution in [0.1, 0.15) is 10.4 Å². The quantitative estimate of drug-likeness (QED) is 0.690. The third kappa shape index (κ3) is 3.08. The van der Waals surface area contributed by atoms with E-state index in [1.165, 1.54) is 4.88 Å². The van der Waals surface area contributed by atoms with Gasteiger partial charge in [-0.1, -0.05) is 17.7 Å². The number of hydrogen-bond acceptors (Lipinski definition) is 6. The number of aryl methyl sites for hydroxylation is 2. The zero-order chi connectivity index (χ0) is 18.3. The van der Waals surface area contributed by atoms with Gasteiger partial charge in [-0.2, -0.15) is 4.31 Å². The fourth-order valence-electron chi connectivity index (χ4n) is 3.22. The maximum Gasteiger partial charge on any atom is 0.243 e. The van der Waals surface area contributed by atoms with E-state index in [1.807, 2.05) is 19.1 Å². The van der Waals surface area contributed by atoms with E-state index >= 15 is 0 Å². The van der Waals surface area contributed by atoms with Gasteiger partial charge in [-0.3, -0.25) is 0 Å². The summed E-state index contributed by atoms with van der Waals surface area (Å²) in [6.45, 7) is 6.14. The van der Waals surface area contributed by atoms with Crippen LogP contribution in [0.25, 0.3) is 10.2 Å². The zero-order valence-corrected chi connectivity index (χ0v) is 16.3. The van der Waals surface area contributed by atoms with E-state index in [-0.39, 0.29) is 0 Å². The maximum atomic E-state index is 12.8. The van der Waals surface area contributed by atoms with Gasteiger partial charge < -0.3 is 4.90 Å².